The number of carboxylic acids is 1. The summed E-state index contributed by atoms with van der Waals surface area (Å²) in [4.78, 5) is 22.0. The Morgan fingerprint density at radius 3 is 2.47 bits per heavy atom. The third-order valence-electron chi connectivity index (χ3n) is 2.99. The number of hydrogen-bond donors (Lipinski definition) is 2. The molecule has 0 bridgehead atoms. The lowest BCUT2D eigenvalue weighted by Crippen LogP contribution is -2.47. The molecule has 2 atom stereocenters. The lowest BCUT2D eigenvalue weighted by Gasteiger charge is -2.32. The van der Waals surface area contributed by atoms with E-state index in [0.717, 1.165) is 19.3 Å². The van der Waals surface area contributed by atoms with Crippen LogP contribution in [-0.2, 0) is 9.59 Å². The number of carbonyl (C=O) groups excluding carboxylic acids is 1. The van der Waals surface area contributed by atoms with Crippen molar-refractivity contribution in [2.24, 2.45) is 5.41 Å². The van der Waals surface area contributed by atoms with Crippen LogP contribution in [0.3, 0.4) is 0 Å². The molecule has 0 radical (unpaired) electrons. The zero-order chi connectivity index (χ0) is 13.3. The fraction of sp³-hybridized carbons (Fsp3) is 0.538. The standard InChI is InChI=1S/C13H21NO3/c1-4-7-8-9-13(6-3,12(16)17)11(5-2)14-10-15/h5-6,10-11H,2-4,7-9H2,1H3,(H,14,15)(H,16,17). The molecule has 4 heteroatoms. The van der Waals surface area contributed by atoms with E-state index in [1.807, 2.05) is 6.92 Å². The summed E-state index contributed by atoms with van der Waals surface area (Å²) in [6, 6.07) is -0.633. The van der Waals surface area contributed by atoms with Gasteiger partial charge in [0.05, 0.1) is 6.04 Å². The van der Waals surface area contributed by atoms with E-state index in [0.29, 0.717) is 12.8 Å². The van der Waals surface area contributed by atoms with Crippen molar-refractivity contribution < 1.29 is 14.7 Å². The van der Waals surface area contributed by atoms with Crippen LogP contribution in [-0.4, -0.2) is 23.5 Å². The van der Waals surface area contributed by atoms with Crippen LogP contribution in [0, 0.1) is 5.41 Å². The first-order valence-corrected chi connectivity index (χ1v) is 5.78. The van der Waals surface area contributed by atoms with Crippen LogP contribution in [0.2, 0.25) is 0 Å². The molecule has 0 saturated carbocycles. The van der Waals surface area contributed by atoms with Gasteiger partial charge in [-0.05, 0) is 6.42 Å². The maximum atomic E-state index is 11.4. The van der Waals surface area contributed by atoms with Gasteiger partial charge in [0.15, 0.2) is 0 Å². The summed E-state index contributed by atoms with van der Waals surface area (Å²) in [5.41, 5.74) is -1.17. The van der Waals surface area contributed by atoms with E-state index in [1.54, 1.807) is 0 Å². The average Bonchev–Trinajstić information content (AvgIpc) is 2.32. The summed E-state index contributed by atoms with van der Waals surface area (Å²) >= 11 is 0. The van der Waals surface area contributed by atoms with E-state index in [4.69, 9.17) is 0 Å². The quantitative estimate of drug-likeness (QED) is 0.348. The molecular formula is C13H21NO3. The number of rotatable bonds is 10. The van der Waals surface area contributed by atoms with Gasteiger partial charge in [-0.3, -0.25) is 9.59 Å². The van der Waals surface area contributed by atoms with Gasteiger partial charge in [0.1, 0.15) is 5.41 Å². The van der Waals surface area contributed by atoms with Crippen molar-refractivity contribution in [1.29, 1.82) is 0 Å². The minimum absolute atomic E-state index is 0.442. The molecule has 17 heavy (non-hydrogen) atoms. The predicted octanol–water partition coefficient (Wildman–Crippen LogP) is 2.12. The molecule has 0 fully saturated rings. The van der Waals surface area contributed by atoms with Gasteiger partial charge in [-0.1, -0.05) is 38.3 Å². The Balaban J connectivity index is 5.02. The number of carbonyl (C=O) groups is 2. The Hall–Kier alpha value is -1.58. The molecule has 0 aliphatic heterocycles. The normalized spacial score (nSPS) is 15.4. The van der Waals surface area contributed by atoms with E-state index in [1.165, 1.54) is 12.2 Å². The van der Waals surface area contributed by atoms with E-state index in [-0.39, 0.29) is 0 Å². The largest absolute Gasteiger partial charge is 0.481 e. The van der Waals surface area contributed by atoms with Crippen molar-refractivity contribution in [3.05, 3.63) is 25.3 Å². The second kappa shape index (κ2) is 7.65. The second-order valence-corrected chi connectivity index (χ2v) is 4.00. The van der Waals surface area contributed by atoms with Gasteiger partial charge in [-0.25, -0.2) is 0 Å². The zero-order valence-electron chi connectivity index (χ0n) is 10.3. The summed E-state index contributed by atoms with van der Waals surface area (Å²) < 4.78 is 0. The summed E-state index contributed by atoms with van der Waals surface area (Å²) in [6.07, 6.45) is 6.51. The van der Waals surface area contributed by atoms with Crippen molar-refractivity contribution in [1.82, 2.24) is 5.32 Å². The van der Waals surface area contributed by atoms with Gasteiger partial charge in [0, 0.05) is 0 Å². The Morgan fingerprint density at radius 1 is 1.47 bits per heavy atom. The lowest BCUT2D eigenvalue weighted by molar-refractivity contribution is -0.147. The maximum absolute atomic E-state index is 11.4. The molecule has 0 aromatic carbocycles. The highest BCUT2D eigenvalue weighted by Gasteiger charge is 2.41. The Morgan fingerprint density at radius 2 is 2.12 bits per heavy atom. The minimum atomic E-state index is -1.17. The lowest BCUT2D eigenvalue weighted by atomic mass is 9.76. The number of unbranched alkanes of at least 4 members (excludes halogenated alkanes) is 2. The first kappa shape index (κ1) is 15.4. The number of nitrogens with one attached hydrogen (secondary N) is 1. The van der Waals surface area contributed by atoms with Crippen molar-refractivity contribution >= 4 is 12.4 Å². The van der Waals surface area contributed by atoms with E-state index >= 15 is 0 Å². The first-order chi connectivity index (χ1) is 8.08. The molecule has 96 valence electrons. The van der Waals surface area contributed by atoms with Gasteiger partial charge in [-0.15, -0.1) is 13.2 Å². The third-order valence-corrected chi connectivity index (χ3v) is 2.99. The third kappa shape index (κ3) is 3.73. The van der Waals surface area contributed by atoms with Crippen molar-refractivity contribution in [3.63, 3.8) is 0 Å². The highest BCUT2D eigenvalue weighted by Crippen LogP contribution is 2.31. The maximum Gasteiger partial charge on any atom is 0.315 e. The van der Waals surface area contributed by atoms with Gasteiger partial charge in [-0.2, -0.15) is 0 Å². The molecule has 0 aromatic rings. The van der Waals surface area contributed by atoms with Crippen LogP contribution in [0.1, 0.15) is 32.6 Å². The molecule has 2 unspecified atom stereocenters. The number of hydrogen-bond acceptors (Lipinski definition) is 2. The molecular weight excluding hydrogens is 218 g/mol. The molecule has 0 aromatic heterocycles. The van der Waals surface area contributed by atoms with Gasteiger partial charge in [0.2, 0.25) is 6.41 Å². The number of amides is 1. The summed E-state index contributed by atoms with van der Waals surface area (Å²) in [6.45, 7) is 9.22. The number of aliphatic carboxylic acids is 1. The van der Waals surface area contributed by atoms with Crippen molar-refractivity contribution in [2.75, 3.05) is 0 Å². The summed E-state index contributed by atoms with van der Waals surface area (Å²) in [5.74, 6) is -0.983. The summed E-state index contributed by atoms with van der Waals surface area (Å²) in [5, 5.41) is 11.9. The van der Waals surface area contributed by atoms with Gasteiger partial charge in [0.25, 0.3) is 0 Å². The van der Waals surface area contributed by atoms with E-state index < -0.39 is 17.4 Å². The van der Waals surface area contributed by atoms with E-state index in [2.05, 4.69) is 18.5 Å². The molecule has 0 aliphatic carbocycles. The molecule has 0 heterocycles. The number of carboxylic acid groups (broad SMARTS) is 1. The molecule has 4 nitrogen and oxygen atoms in total. The second-order valence-electron chi connectivity index (χ2n) is 4.00. The molecule has 1 amide bonds. The molecule has 2 N–H and O–H groups in total. The van der Waals surface area contributed by atoms with Gasteiger partial charge >= 0.3 is 5.97 Å². The van der Waals surface area contributed by atoms with Crippen LogP contribution in [0.5, 0.6) is 0 Å². The fourth-order valence-corrected chi connectivity index (χ4v) is 1.88. The van der Waals surface area contributed by atoms with Gasteiger partial charge < -0.3 is 10.4 Å². The average molecular weight is 239 g/mol. The topological polar surface area (TPSA) is 66.4 Å². The molecule has 0 spiro atoms. The summed E-state index contributed by atoms with van der Waals surface area (Å²) in [7, 11) is 0. The Kier molecular flexibility index (Phi) is 6.94. The van der Waals surface area contributed by atoms with Crippen LogP contribution >= 0.6 is 0 Å². The zero-order valence-corrected chi connectivity index (χ0v) is 10.3. The fourth-order valence-electron chi connectivity index (χ4n) is 1.88. The monoisotopic (exact) mass is 239 g/mol. The molecule has 0 saturated heterocycles. The Labute approximate surface area is 102 Å². The minimum Gasteiger partial charge on any atom is -0.481 e. The highest BCUT2D eigenvalue weighted by molar-refractivity contribution is 5.79. The molecule has 0 aliphatic rings. The SMILES string of the molecule is C=CC(NC=O)C(C=C)(CCCCC)C(=O)O. The van der Waals surface area contributed by atoms with Crippen molar-refractivity contribution in [2.45, 2.75) is 38.6 Å². The highest BCUT2D eigenvalue weighted by atomic mass is 16.4. The first-order valence-electron chi connectivity index (χ1n) is 5.78. The van der Waals surface area contributed by atoms with Crippen LogP contribution in [0.4, 0.5) is 0 Å². The van der Waals surface area contributed by atoms with Crippen LogP contribution in [0.25, 0.3) is 0 Å². The van der Waals surface area contributed by atoms with Crippen LogP contribution in [0.15, 0.2) is 25.3 Å². The Bertz CT molecular complexity index is 288. The smallest absolute Gasteiger partial charge is 0.315 e. The predicted molar refractivity (Wildman–Crippen MR) is 67.6 cm³/mol. The van der Waals surface area contributed by atoms with E-state index in [9.17, 15) is 14.7 Å². The van der Waals surface area contributed by atoms with Crippen molar-refractivity contribution in [3.8, 4) is 0 Å². The van der Waals surface area contributed by atoms with Crippen LogP contribution < -0.4 is 5.32 Å². The molecule has 0 rings (SSSR count).